The van der Waals surface area contributed by atoms with Crippen LogP contribution >= 0.6 is 11.6 Å². The van der Waals surface area contributed by atoms with Gasteiger partial charge < -0.3 is 14.7 Å². The van der Waals surface area contributed by atoms with Crippen LogP contribution in [0.25, 0.3) is 10.8 Å². The van der Waals surface area contributed by atoms with E-state index in [4.69, 9.17) is 21.4 Å². The molecule has 4 rings (SSSR count). The zero-order valence-electron chi connectivity index (χ0n) is 18.1. The Hall–Kier alpha value is -3.33. The van der Waals surface area contributed by atoms with Gasteiger partial charge in [0.1, 0.15) is 5.75 Å². The van der Waals surface area contributed by atoms with Gasteiger partial charge in [0.15, 0.2) is 0 Å². The van der Waals surface area contributed by atoms with Crippen LogP contribution in [0.15, 0.2) is 42.5 Å². The fraction of sp³-hybridized carbons (Fsp3) is 0.250. The minimum Gasteiger partial charge on any atom is -0.481 e. The van der Waals surface area contributed by atoms with E-state index < -0.39 is 24.9 Å². The van der Waals surface area contributed by atoms with Crippen LogP contribution in [0.3, 0.4) is 0 Å². The summed E-state index contributed by atoms with van der Waals surface area (Å²) in [6, 6.07) is 11.6. The first kappa shape index (κ1) is 25.3. The maximum atomic E-state index is 13.3. The van der Waals surface area contributed by atoms with Crippen LogP contribution in [0.4, 0.5) is 23.2 Å². The molecule has 0 radical (unpaired) electrons. The number of nitrogens with zero attached hydrogens (tertiary/aromatic N) is 1. The van der Waals surface area contributed by atoms with Crippen molar-refractivity contribution in [1.29, 1.82) is 0 Å². The van der Waals surface area contributed by atoms with Gasteiger partial charge in [-0.3, -0.25) is 9.59 Å². The number of rotatable bonds is 5. The molecule has 0 saturated heterocycles. The second-order valence-corrected chi connectivity index (χ2v) is 7.91. The molecule has 1 aliphatic heterocycles. The minimum absolute atomic E-state index is 0.0946. The van der Waals surface area contributed by atoms with Crippen LogP contribution in [-0.4, -0.2) is 30.0 Å². The monoisotopic (exact) mass is 497 g/mol. The van der Waals surface area contributed by atoms with Gasteiger partial charge in [0.05, 0.1) is 29.2 Å². The SMILES string of the molecule is CC(F)F.Cc1c2c(c(OC(F)F)c3ccccc13)C(=O)N(c1ccc(CC(=O)O)cc1Cl)C2. The van der Waals surface area contributed by atoms with E-state index in [9.17, 15) is 27.2 Å². The summed E-state index contributed by atoms with van der Waals surface area (Å²) in [6.07, 6.45) is -2.37. The van der Waals surface area contributed by atoms with Gasteiger partial charge in [-0.25, -0.2) is 8.78 Å². The first-order valence-electron chi connectivity index (χ1n) is 10.1. The Bertz CT molecular complexity index is 1250. The van der Waals surface area contributed by atoms with E-state index in [2.05, 4.69) is 0 Å². The van der Waals surface area contributed by atoms with Crippen molar-refractivity contribution in [1.82, 2.24) is 0 Å². The van der Waals surface area contributed by atoms with Gasteiger partial charge in [-0.1, -0.05) is 41.9 Å². The first-order valence-corrected chi connectivity index (χ1v) is 10.5. The maximum absolute atomic E-state index is 13.3. The molecular formula is C24H20ClF4NO4. The normalized spacial score (nSPS) is 12.7. The number of benzene rings is 3. The van der Waals surface area contributed by atoms with Gasteiger partial charge in [0.2, 0.25) is 6.43 Å². The molecule has 0 saturated carbocycles. The third kappa shape index (κ3) is 5.25. The number of halogens is 5. The number of aliphatic carboxylic acids is 1. The molecule has 180 valence electrons. The van der Waals surface area contributed by atoms with Crippen LogP contribution in [0.1, 0.15) is 34.0 Å². The van der Waals surface area contributed by atoms with Crippen molar-refractivity contribution in [3.8, 4) is 5.75 Å². The molecular weight excluding hydrogens is 478 g/mol. The van der Waals surface area contributed by atoms with Gasteiger partial charge in [0.25, 0.3) is 5.91 Å². The predicted molar refractivity (Wildman–Crippen MR) is 120 cm³/mol. The highest BCUT2D eigenvalue weighted by Gasteiger charge is 2.36. The molecule has 0 aromatic heterocycles. The number of carbonyl (C=O) groups is 2. The summed E-state index contributed by atoms with van der Waals surface area (Å²) in [7, 11) is 0. The van der Waals surface area contributed by atoms with E-state index in [0.29, 0.717) is 22.2 Å². The molecule has 1 amide bonds. The molecule has 1 N–H and O–H groups in total. The summed E-state index contributed by atoms with van der Waals surface area (Å²) in [5.74, 6) is -1.64. The lowest BCUT2D eigenvalue weighted by Crippen LogP contribution is -2.24. The Morgan fingerprint density at radius 2 is 1.76 bits per heavy atom. The van der Waals surface area contributed by atoms with Crippen molar-refractivity contribution >= 4 is 39.9 Å². The van der Waals surface area contributed by atoms with E-state index in [1.807, 2.05) is 6.92 Å². The Kier molecular flexibility index (Phi) is 7.66. The average molecular weight is 498 g/mol. The van der Waals surface area contributed by atoms with Crippen LogP contribution in [0.2, 0.25) is 5.02 Å². The predicted octanol–water partition coefficient (Wildman–Crippen LogP) is 6.46. The number of aryl methyl sites for hydroxylation is 1. The fourth-order valence-electron chi connectivity index (χ4n) is 3.88. The van der Waals surface area contributed by atoms with E-state index in [1.54, 1.807) is 36.4 Å². The van der Waals surface area contributed by atoms with Crippen LogP contribution in [0.5, 0.6) is 5.75 Å². The Balaban J connectivity index is 0.000000751. The number of anilines is 1. The van der Waals surface area contributed by atoms with Crippen molar-refractivity contribution in [2.24, 2.45) is 0 Å². The molecule has 5 nitrogen and oxygen atoms in total. The molecule has 3 aromatic carbocycles. The fourth-order valence-corrected chi connectivity index (χ4v) is 4.18. The average Bonchev–Trinajstić information content (AvgIpc) is 3.07. The molecule has 0 atom stereocenters. The molecule has 1 aliphatic rings. The van der Waals surface area contributed by atoms with Gasteiger partial charge in [-0.05, 0) is 48.1 Å². The number of hydrogen-bond acceptors (Lipinski definition) is 3. The van der Waals surface area contributed by atoms with Gasteiger partial charge >= 0.3 is 12.6 Å². The largest absolute Gasteiger partial charge is 0.481 e. The lowest BCUT2D eigenvalue weighted by molar-refractivity contribution is -0.136. The Labute approximate surface area is 197 Å². The van der Waals surface area contributed by atoms with E-state index in [0.717, 1.165) is 17.9 Å². The number of ether oxygens (including phenoxy) is 1. The minimum atomic E-state index is -3.08. The molecule has 0 bridgehead atoms. The zero-order valence-corrected chi connectivity index (χ0v) is 18.9. The van der Waals surface area contributed by atoms with E-state index in [1.165, 1.54) is 11.0 Å². The summed E-state index contributed by atoms with van der Waals surface area (Å²) in [4.78, 5) is 25.6. The van der Waals surface area contributed by atoms with Gasteiger partial charge in [-0.2, -0.15) is 8.78 Å². The quantitative estimate of drug-likeness (QED) is 0.411. The zero-order chi connectivity index (χ0) is 25.2. The Morgan fingerprint density at radius 3 is 2.32 bits per heavy atom. The molecule has 0 spiro atoms. The second-order valence-electron chi connectivity index (χ2n) is 7.50. The lowest BCUT2D eigenvalue weighted by atomic mass is 9.95. The number of fused-ring (bicyclic) bond motifs is 2. The number of alkyl halides is 4. The van der Waals surface area contributed by atoms with Crippen molar-refractivity contribution in [2.75, 3.05) is 4.90 Å². The van der Waals surface area contributed by atoms with Crippen molar-refractivity contribution in [3.05, 3.63) is 69.7 Å². The summed E-state index contributed by atoms with van der Waals surface area (Å²) in [6.45, 7) is -0.273. The second kappa shape index (κ2) is 10.3. The van der Waals surface area contributed by atoms with Crippen molar-refractivity contribution < 1.29 is 37.0 Å². The highest BCUT2D eigenvalue weighted by Crippen LogP contribution is 2.43. The third-order valence-corrected chi connectivity index (χ3v) is 5.50. The summed E-state index contributed by atoms with van der Waals surface area (Å²) >= 11 is 6.33. The lowest BCUT2D eigenvalue weighted by Gasteiger charge is -2.18. The molecule has 34 heavy (non-hydrogen) atoms. The topological polar surface area (TPSA) is 66.8 Å². The smallest absolute Gasteiger partial charge is 0.387 e. The summed E-state index contributed by atoms with van der Waals surface area (Å²) in [5, 5.41) is 10.3. The summed E-state index contributed by atoms with van der Waals surface area (Å²) in [5.41, 5.74) is 2.36. The van der Waals surface area contributed by atoms with Crippen LogP contribution in [0, 0.1) is 6.92 Å². The standard InChI is InChI=1S/C22H16ClF2NO4.C2H4F2/c1-11-13-4-2-3-5-14(13)20(30-22(24)25)19-15(11)10-26(21(19)29)17-7-6-12(8-16(17)23)9-18(27)28;1-2(3)4/h2-8,22H,9-10H2,1H3,(H,27,28);2H,1H3. The van der Waals surface area contributed by atoms with Crippen LogP contribution < -0.4 is 9.64 Å². The highest BCUT2D eigenvalue weighted by atomic mass is 35.5. The molecule has 0 fully saturated rings. The molecule has 10 heteroatoms. The van der Waals surface area contributed by atoms with Gasteiger partial charge in [-0.15, -0.1) is 0 Å². The maximum Gasteiger partial charge on any atom is 0.387 e. The highest BCUT2D eigenvalue weighted by molar-refractivity contribution is 6.34. The number of carbonyl (C=O) groups excluding carboxylic acids is 1. The van der Waals surface area contributed by atoms with Crippen LogP contribution in [-0.2, 0) is 17.8 Å². The molecule has 0 unspecified atom stereocenters. The summed E-state index contributed by atoms with van der Waals surface area (Å²) < 4.78 is 51.8. The molecule has 3 aromatic rings. The molecule has 1 heterocycles. The number of amides is 1. The van der Waals surface area contributed by atoms with Crippen molar-refractivity contribution in [3.63, 3.8) is 0 Å². The number of hydrogen-bond donors (Lipinski definition) is 1. The van der Waals surface area contributed by atoms with E-state index in [-0.39, 0.29) is 29.3 Å². The first-order chi connectivity index (χ1) is 16.0. The number of carboxylic acid groups (broad SMARTS) is 1. The Morgan fingerprint density at radius 1 is 1.15 bits per heavy atom. The van der Waals surface area contributed by atoms with Crippen molar-refractivity contribution in [2.45, 2.75) is 39.9 Å². The number of carboxylic acids is 1. The van der Waals surface area contributed by atoms with E-state index >= 15 is 0 Å². The third-order valence-electron chi connectivity index (χ3n) is 5.20. The molecule has 0 aliphatic carbocycles. The van der Waals surface area contributed by atoms with Gasteiger partial charge in [0, 0.05) is 5.39 Å².